The van der Waals surface area contributed by atoms with E-state index in [1.54, 1.807) is 0 Å². The van der Waals surface area contributed by atoms with Crippen molar-refractivity contribution in [3.05, 3.63) is 5.53 Å². The van der Waals surface area contributed by atoms with Gasteiger partial charge >= 0.3 is 12.2 Å². The third-order valence-electron chi connectivity index (χ3n) is 2.68. The minimum Gasteiger partial charge on any atom is -0.480 e. The van der Waals surface area contributed by atoms with Crippen LogP contribution in [0.4, 0.5) is 0 Å². The summed E-state index contributed by atoms with van der Waals surface area (Å²) in [5.74, 6) is -2.93. The van der Waals surface area contributed by atoms with Gasteiger partial charge in [0.15, 0.2) is 9.84 Å². The van der Waals surface area contributed by atoms with Crippen molar-refractivity contribution in [3.8, 4) is 0 Å². The normalized spacial score (nSPS) is 13.6. The summed E-state index contributed by atoms with van der Waals surface area (Å²) < 4.78 is 22.8. The van der Waals surface area contributed by atoms with E-state index in [-0.39, 0.29) is 19.3 Å². The summed E-state index contributed by atoms with van der Waals surface area (Å²) in [6, 6.07) is -1.40. The molecule has 0 aliphatic carbocycles. The zero-order valence-electron chi connectivity index (χ0n) is 11.6. The van der Waals surface area contributed by atoms with Gasteiger partial charge in [0.05, 0.1) is 0 Å². The molecule has 0 radical (unpaired) electrons. The summed E-state index contributed by atoms with van der Waals surface area (Å²) >= 11 is 0. The molecule has 2 unspecified atom stereocenters. The summed E-state index contributed by atoms with van der Waals surface area (Å²) in [6.45, 7) is 1.49. The Labute approximate surface area is 121 Å². The molecule has 2 N–H and O–H groups in total. The van der Waals surface area contributed by atoms with E-state index in [4.69, 9.17) is 10.6 Å². The molecule has 0 saturated heterocycles. The summed E-state index contributed by atoms with van der Waals surface area (Å²) in [4.78, 5) is 36.4. The maximum Gasteiger partial charge on any atom is 0.326 e. The Morgan fingerprint density at radius 2 is 1.95 bits per heavy atom. The van der Waals surface area contributed by atoms with Gasteiger partial charge in [0, 0.05) is 12.7 Å². The number of carbonyl (C=O) groups is 3. The van der Waals surface area contributed by atoms with Crippen molar-refractivity contribution in [2.75, 3.05) is 6.26 Å². The first-order chi connectivity index (χ1) is 9.63. The number of nitrogens with zero attached hydrogens (tertiary/aromatic N) is 2. The predicted molar refractivity (Wildman–Crippen MR) is 72.4 cm³/mol. The Hall–Kier alpha value is -2.06. The number of hydrogen-bond acceptors (Lipinski definition) is 5. The van der Waals surface area contributed by atoms with Crippen LogP contribution in [-0.4, -0.2) is 59.7 Å². The van der Waals surface area contributed by atoms with Gasteiger partial charge in [-0.15, -0.1) is 0 Å². The first kappa shape index (κ1) is 18.9. The second-order valence-corrected chi connectivity index (χ2v) is 6.60. The fourth-order valence-electron chi connectivity index (χ4n) is 1.62. The van der Waals surface area contributed by atoms with Crippen molar-refractivity contribution in [3.63, 3.8) is 0 Å². The van der Waals surface area contributed by atoms with Crippen LogP contribution in [0.5, 0.6) is 0 Å². The van der Waals surface area contributed by atoms with Gasteiger partial charge in [-0.2, -0.15) is 4.79 Å². The molecule has 1 amide bonds. The van der Waals surface area contributed by atoms with Gasteiger partial charge in [-0.1, -0.05) is 6.92 Å². The second kappa shape index (κ2) is 8.28. The zero-order chi connectivity index (χ0) is 16.6. The average Bonchev–Trinajstić information content (AvgIpc) is 2.33. The van der Waals surface area contributed by atoms with Crippen LogP contribution >= 0.6 is 0 Å². The van der Waals surface area contributed by atoms with E-state index in [0.717, 1.165) is 6.26 Å². The molecule has 0 saturated carbocycles. The molecule has 9 nitrogen and oxygen atoms in total. The number of carbonyl (C=O) groups excluding carboxylic acids is 2. The summed E-state index contributed by atoms with van der Waals surface area (Å²) in [5, 5.41) is 9.72. The molecule has 0 aromatic rings. The van der Waals surface area contributed by atoms with Gasteiger partial charge < -0.3 is 16.0 Å². The van der Waals surface area contributed by atoms with Crippen molar-refractivity contribution in [1.82, 2.24) is 5.32 Å². The number of carboxylic acid groups (broad SMARTS) is 1. The molecule has 0 aliphatic heterocycles. The topological polar surface area (TPSA) is 154 Å². The SMILES string of the molecule is CCC(C(=O)NC(CCC(=O)C=[N+]=[N-])C(=O)O)S(C)(=O)=O. The number of sulfone groups is 1. The van der Waals surface area contributed by atoms with Crippen LogP contribution in [0.15, 0.2) is 0 Å². The van der Waals surface area contributed by atoms with E-state index < -0.39 is 38.8 Å². The zero-order valence-corrected chi connectivity index (χ0v) is 12.5. The van der Waals surface area contributed by atoms with Gasteiger partial charge in [0.1, 0.15) is 11.3 Å². The fraction of sp³-hybridized carbons (Fsp3) is 0.636. The minimum atomic E-state index is -3.65. The van der Waals surface area contributed by atoms with Gasteiger partial charge in [0.2, 0.25) is 11.7 Å². The average molecular weight is 319 g/mol. The molecular formula is C11H17N3O6S. The lowest BCUT2D eigenvalue weighted by Gasteiger charge is -2.17. The van der Waals surface area contributed by atoms with Gasteiger partial charge in [0.25, 0.3) is 0 Å². The van der Waals surface area contributed by atoms with Crippen molar-refractivity contribution in [1.29, 1.82) is 0 Å². The lowest BCUT2D eigenvalue weighted by molar-refractivity contribution is -0.142. The lowest BCUT2D eigenvalue weighted by atomic mass is 10.1. The largest absolute Gasteiger partial charge is 0.480 e. The Morgan fingerprint density at radius 3 is 2.33 bits per heavy atom. The van der Waals surface area contributed by atoms with E-state index in [9.17, 15) is 22.8 Å². The highest BCUT2D eigenvalue weighted by Gasteiger charge is 2.30. The van der Waals surface area contributed by atoms with Gasteiger partial charge in [-0.05, 0) is 12.8 Å². The Bertz CT molecular complexity index is 565. The number of nitrogens with one attached hydrogen (secondary N) is 1. The van der Waals surface area contributed by atoms with Crippen molar-refractivity contribution in [2.45, 2.75) is 37.5 Å². The van der Waals surface area contributed by atoms with Gasteiger partial charge in [-0.25, -0.2) is 13.2 Å². The monoisotopic (exact) mass is 319 g/mol. The van der Waals surface area contributed by atoms with Crippen LogP contribution in [-0.2, 0) is 24.2 Å². The first-order valence-electron chi connectivity index (χ1n) is 6.05. The molecule has 0 aromatic heterocycles. The van der Waals surface area contributed by atoms with E-state index >= 15 is 0 Å². The number of ketones is 1. The van der Waals surface area contributed by atoms with Crippen LogP contribution < -0.4 is 5.32 Å². The highest BCUT2D eigenvalue weighted by Crippen LogP contribution is 2.06. The van der Waals surface area contributed by atoms with E-state index in [1.807, 2.05) is 0 Å². The highest BCUT2D eigenvalue weighted by atomic mass is 32.2. The summed E-state index contributed by atoms with van der Waals surface area (Å²) in [6.07, 6.45) is 1.00. The van der Waals surface area contributed by atoms with Gasteiger partial charge in [-0.3, -0.25) is 9.59 Å². The number of Topliss-reactive ketones (excluding diaryl/α,β-unsaturated/α-hetero) is 1. The van der Waals surface area contributed by atoms with E-state index in [2.05, 4.69) is 10.1 Å². The van der Waals surface area contributed by atoms with Crippen LogP contribution in [0, 0.1) is 0 Å². The molecule has 0 heterocycles. The van der Waals surface area contributed by atoms with Crippen LogP contribution in [0.25, 0.3) is 5.53 Å². The Kier molecular flexibility index (Phi) is 7.46. The number of rotatable bonds is 9. The van der Waals surface area contributed by atoms with E-state index in [0.29, 0.717) is 6.21 Å². The maximum atomic E-state index is 11.8. The second-order valence-electron chi connectivity index (χ2n) is 4.38. The maximum absolute atomic E-state index is 11.8. The molecular weight excluding hydrogens is 302 g/mol. The number of amides is 1. The van der Waals surface area contributed by atoms with Crippen molar-refractivity contribution >= 4 is 33.7 Å². The molecule has 21 heavy (non-hydrogen) atoms. The summed E-state index contributed by atoms with van der Waals surface area (Å²) in [7, 11) is -3.65. The third-order valence-corrected chi connectivity index (χ3v) is 4.26. The van der Waals surface area contributed by atoms with Crippen LogP contribution in [0.3, 0.4) is 0 Å². The molecule has 0 spiro atoms. The highest BCUT2D eigenvalue weighted by molar-refractivity contribution is 7.92. The Morgan fingerprint density at radius 1 is 1.38 bits per heavy atom. The smallest absolute Gasteiger partial charge is 0.326 e. The molecule has 0 aromatic carbocycles. The first-order valence-corrected chi connectivity index (χ1v) is 8.01. The molecule has 0 rings (SSSR count). The van der Waals surface area contributed by atoms with Crippen LogP contribution in [0.1, 0.15) is 26.2 Å². The number of carboxylic acids is 1. The number of aliphatic carboxylic acids is 1. The molecule has 0 bridgehead atoms. The molecule has 10 heteroatoms. The lowest BCUT2D eigenvalue weighted by Crippen LogP contribution is -2.47. The van der Waals surface area contributed by atoms with Crippen molar-refractivity contribution in [2.24, 2.45) is 0 Å². The third kappa shape index (κ3) is 6.77. The predicted octanol–water partition coefficient (Wildman–Crippen LogP) is -0.971. The standard InChI is InChI=1S/C11H17N3O6S/c1-3-9(21(2,19)20)10(16)14-8(11(17)18)5-4-7(15)6-13-12/h6,8-9H,3-5H2,1-2H3,(H,14,16)(H,17,18). The summed E-state index contributed by atoms with van der Waals surface area (Å²) in [5.41, 5.74) is 8.15. The molecule has 118 valence electrons. The Balaban J connectivity index is 4.86. The molecule has 0 fully saturated rings. The number of hydrogen-bond donors (Lipinski definition) is 2. The van der Waals surface area contributed by atoms with Crippen molar-refractivity contribution < 1.29 is 32.7 Å². The fourth-order valence-corrected chi connectivity index (χ4v) is 2.68. The van der Waals surface area contributed by atoms with Crippen LogP contribution in [0.2, 0.25) is 0 Å². The quantitative estimate of drug-likeness (QED) is 0.316. The molecule has 0 aliphatic rings. The molecule has 2 atom stereocenters. The minimum absolute atomic E-state index is 0.00705. The van der Waals surface area contributed by atoms with E-state index in [1.165, 1.54) is 6.92 Å².